The zero-order valence-corrected chi connectivity index (χ0v) is 19.7. The molecule has 202 valence electrons. The maximum atomic E-state index is 11.1. The van der Waals surface area contributed by atoms with Gasteiger partial charge in [0.15, 0.2) is 24.0 Å². The minimum atomic E-state index is -4.93. The molecule has 0 radical (unpaired) electrons. The van der Waals surface area contributed by atoms with Crippen LogP contribution in [0.3, 0.4) is 0 Å². The molecular weight excluding hydrogens is 536 g/mol. The Bertz CT molecular complexity index is 1170. The molecule has 2 aliphatic heterocycles. The van der Waals surface area contributed by atoms with Crippen molar-refractivity contribution >= 4 is 32.6 Å². The quantitative estimate of drug-likeness (QED) is 0.140. The number of aliphatic hydroxyl groups is 3. The highest BCUT2D eigenvalue weighted by Crippen LogP contribution is 2.41. The van der Waals surface area contributed by atoms with Crippen LogP contribution >= 0.6 is 15.6 Å². The Morgan fingerprint density at radius 3 is 2.14 bits per heavy atom. The zero-order valence-electron chi connectivity index (χ0n) is 17.9. The monoisotopic (exact) mass is 559 g/mol. The van der Waals surface area contributed by atoms with Crippen LogP contribution in [0.2, 0.25) is 0 Å². The molecule has 0 unspecified atom stereocenters. The number of nitrogen functional groups attached to an aromatic ring is 1. The van der Waals surface area contributed by atoms with Gasteiger partial charge >= 0.3 is 15.6 Å². The number of fused-ring (bicyclic) bond motifs is 1. The van der Waals surface area contributed by atoms with Gasteiger partial charge in [-0.2, -0.15) is 0 Å². The van der Waals surface area contributed by atoms with Crippen LogP contribution < -0.4 is 5.73 Å². The molecule has 2 fully saturated rings. The third kappa shape index (κ3) is 5.90. The second kappa shape index (κ2) is 10.2. The van der Waals surface area contributed by atoms with Gasteiger partial charge in [-0.15, -0.1) is 0 Å². The van der Waals surface area contributed by atoms with E-state index in [1.54, 1.807) is 0 Å². The van der Waals surface area contributed by atoms with Gasteiger partial charge in [0.25, 0.3) is 0 Å². The van der Waals surface area contributed by atoms with E-state index in [0.29, 0.717) is 0 Å². The second-order valence-corrected chi connectivity index (χ2v) is 10.3. The van der Waals surface area contributed by atoms with Gasteiger partial charge in [-0.3, -0.25) is 13.6 Å². The Morgan fingerprint density at radius 1 is 0.917 bits per heavy atom. The molecule has 0 bridgehead atoms. The first-order valence-electron chi connectivity index (χ1n) is 10.1. The van der Waals surface area contributed by atoms with E-state index in [9.17, 15) is 24.4 Å². The number of phosphoric acid groups is 2. The molecule has 36 heavy (non-hydrogen) atoms. The summed E-state index contributed by atoms with van der Waals surface area (Å²) >= 11 is 0. The largest absolute Gasteiger partial charge is 0.469 e. The first-order chi connectivity index (χ1) is 16.7. The lowest BCUT2D eigenvalue weighted by atomic mass is 10.1. The zero-order chi connectivity index (χ0) is 26.4. The van der Waals surface area contributed by atoms with Gasteiger partial charge in [0.05, 0.1) is 19.5 Å². The minimum absolute atomic E-state index is 0.0294. The molecule has 2 saturated heterocycles. The summed E-state index contributed by atoms with van der Waals surface area (Å²) < 4.78 is 48.8. The minimum Gasteiger partial charge on any atom is -0.387 e. The number of ether oxygens (including phenoxy) is 3. The summed E-state index contributed by atoms with van der Waals surface area (Å²) in [6.45, 7) is -1.56. The number of nitrogens with zero attached hydrogens (tertiary/aromatic N) is 4. The van der Waals surface area contributed by atoms with Crippen molar-refractivity contribution in [3.8, 4) is 0 Å². The summed E-state index contributed by atoms with van der Waals surface area (Å²) in [5.41, 5.74) is 6.11. The Balaban J connectivity index is 1.58. The number of aromatic nitrogens is 4. The van der Waals surface area contributed by atoms with Gasteiger partial charge in [0.2, 0.25) is 0 Å². The average molecular weight is 559 g/mol. The smallest absolute Gasteiger partial charge is 0.387 e. The molecule has 2 aromatic heterocycles. The Kier molecular flexibility index (Phi) is 7.78. The fraction of sp³-hybridized carbons (Fsp3) is 0.667. The lowest BCUT2D eigenvalue weighted by molar-refractivity contribution is -0.219. The first kappa shape index (κ1) is 27.4. The second-order valence-electron chi connectivity index (χ2n) is 7.84. The third-order valence-electron chi connectivity index (χ3n) is 5.40. The normalized spacial score (nSPS) is 33.5. The van der Waals surface area contributed by atoms with E-state index >= 15 is 0 Å². The molecule has 21 heteroatoms. The molecule has 0 saturated carbocycles. The fourth-order valence-corrected chi connectivity index (χ4v) is 4.43. The average Bonchev–Trinajstić information content (AvgIpc) is 3.42. The maximum absolute atomic E-state index is 11.1. The van der Waals surface area contributed by atoms with Crippen molar-refractivity contribution in [2.45, 2.75) is 49.1 Å². The van der Waals surface area contributed by atoms with Crippen LogP contribution in [0.25, 0.3) is 11.2 Å². The first-order valence-corrected chi connectivity index (χ1v) is 13.1. The molecule has 9 N–H and O–H groups in total. The van der Waals surface area contributed by atoms with E-state index in [-0.39, 0.29) is 17.0 Å². The number of nitrogens with two attached hydrogens (primary N) is 1. The van der Waals surface area contributed by atoms with Crippen molar-refractivity contribution in [2.75, 3.05) is 18.9 Å². The van der Waals surface area contributed by atoms with Gasteiger partial charge in [0, 0.05) is 0 Å². The van der Waals surface area contributed by atoms with Crippen molar-refractivity contribution in [2.24, 2.45) is 0 Å². The van der Waals surface area contributed by atoms with Gasteiger partial charge in [-0.1, -0.05) is 0 Å². The molecule has 0 amide bonds. The number of anilines is 1. The van der Waals surface area contributed by atoms with Gasteiger partial charge in [-0.05, 0) is 0 Å². The van der Waals surface area contributed by atoms with Gasteiger partial charge in [0.1, 0.15) is 48.5 Å². The topological polar surface area (TPSA) is 292 Å². The molecule has 8 atom stereocenters. The molecule has 4 heterocycles. The fourth-order valence-electron chi connectivity index (χ4n) is 3.74. The number of hydrogen-bond acceptors (Lipinski definition) is 14. The van der Waals surface area contributed by atoms with E-state index in [0.717, 1.165) is 6.33 Å². The Hall–Kier alpha value is -1.67. The number of aliphatic hydroxyl groups excluding tert-OH is 3. The summed E-state index contributed by atoms with van der Waals surface area (Å²) in [6, 6.07) is 0. The van der Waals surface area contributed by atoms with Crippen molar-refractivity contribution in [3.05, 3.63) is 12.7 Å². The molecule has 0 spiro atoms. The SMILES string of the molecule is Nc1ncnc2c1ncn2[C@@H]1O[C@H](COP(=O)(O)O)[C@@H](O)[C@H]1O[C@H]1O[C@H](COP(=O)(O)O)[C@@H](O)[C@H]1O. The maximum Gasteiger partial charge on any atom is 0.469 e. The summed E-state index contributed by atoms with van der Waals surface area (Å²) in [4.78, 5) is 47.7. The summed E-state index contributed by atoms with van der Waals surface area (Å²) in [7, 11) is -9.84. The van der Waals surface area contributed by atoms with Crippen molar-refractivity contribution in [1.82, 2.24) is 19.5 Å². The lowest BCUT2D eigenvalue weighted by Crippen LogP contribution is -2.42. The molecule has 2 aliphatic rings. The van der Waals surface area contributed by atoms with Crippen LogP contribution in [0.4, 0.5) is 5.82 Å². The van der Waals surface area contributed by atoms with E-state index in [1.807, 2.05) is 0 Å². The van der Waals surface area contributed by atoms with Gasteiger partial charge < -0.3 is 54.8 Å². The van der Waals surface area contributed by atoms with Crippen LogP contribution in [0.5, 0.6) is 0 Å². The highest BCUT2D eigenvalue weighted by Gasteiger charge is 2.52. The highest BCUT2D eigenvalue weighted by molar-refractivity contribution is 7.46. The lowest BCUT2D eigenvalue weighted by Gasteiger charge is -2.26. The molecule has 19 nitrogen and oxygen atoms in total. The van der Waals surface area contributed by atoms with E-state index in [2.05, 4.69) is 24.0 Å². The van der Waals surface area contributed by atoms with Crippen LogP contribution in [0, 0.1) is 0 Å². The predicted octanol–water partition coefficient (Wildman–Crippen LogP) is -3.28. The predicted molar refractivity (Wildman–Crippen MR) is 111 cm³/mol. The number of phosphoric ester groups is 2. The van der Waals surface area contributed by atoms with Crippen molar-refractivity contribution < 1.29 is 67.3 Å². The Labute approximate surface area is 200 Å². The number of hydrogen-bond donors (Lipinski definition) is 8. The summed E-state index contributed by atoms with van der Waals surface area (Å²) in [5, 5.41) is 31.4. The van der Waals surface area contributed by atoms with Crippen LogP contribution in [-0.2, 0) is 32.4 Å². The van der Waals surface area contributed by atoms with Crippen LogP contribution in [0.15, 0.2) is 12.7 Å². The van der Waals surface area contributed by atoms with Crippen LogP contribution in [0.1, 0.15) is 6.23 Å². The molecular formula is C15H23N5O14P2. The van der Waals surface area contributed by atoms with Crippen molar-refractivity contribution in [1.29, 1.82) is 0 Å². The highest BCUT2D eigenvalue weighted by atomic mass is 31.2. The van der Waals surface area contributed by atoms with Crippen LogP contribution in [-0.4, -0.2) is 111 Å². The number of rotatable bonds is 9. The standard InChI is InChI=1S/C15H23N5O14P2/c16-12-7-13(18-3-17-12)20(4-19-7)14-11(9(22)6(32-14)2-31-36(27,28)29)34-15-10(23)8(21)5(33-15)1-30-35(24,25)26/h3-6,8-11,14-15,21-23H,1-2H2,(H2,16,17,18)(H2,24,25,26)(H2,27,28,29)/t5-,6-,8-,9-,10-,11-,14-,15-/m1/s1. The summed E-state index contributed by atoms with van der Waals surface area (Å²) in [5.74, 6) is 0.0294. The van der Waals surface area contributed by atoms with Gasteiger partial charge in [-0.25, -0.2) is 24.1 Å². The number of imidazole rings is 1. The molecule has 2 aromatic rings. The van der Waals surface area contributed by atoms with E-state index in [1.165, 1.54) is 10.9 Å². The third-order valence-corrected chi connectivity index (χ3v) is 6.37. The summed E-state index contributed by atoms with van der Waals surface area (Å²) in [6.07, 6.45) is -9.83. The molecule has 0 aromatic carbocycles. The molecule has 4 rings (SSSR count). The van der Waals surface area contributed by atoms with E-state index in [4.69, 9.17) is 39.5 Å². The Morgan fingerprint density at radius 2 is 1.53 bits per heavy atom. The van der Waals surface area contributed by atoms with E-state index < -0.39 is 78.0 Å². The van der Waals surface area contributed by atoms with Crippen molar-refractivity contribution in [3.63, 3.8) is 0 Å². The molecule has 0 aliphatic carbocycles.